The molecular weight excluding hydrogens is 613 g/mol. The Hall–Kier alpha value is -6.16. The highest BCUT2D eigenvalue weighted by atomic mass is 32.1. The predicted molar refractivity (Wildman–Crippen MR) is 211 cm³/mol. The summed E-state index contributed by atoms with van der Waals surface area (Å²) >= 11 is 1.87. The lowest BCUT2D eigenvalue weighted by Crippen LogP contribution is -2.10. The van der Waals surface area contributed by atoms with Gasteiger partial charge in [0.05, 0.1) is 21.4 Å². The van der Waals surface area contributed by atoms with Gasteiger partial charge in [0.1, 0.15) is 0 Å². The lowest BCUT2D eigenvalue weighted by molar-refractivity contribution is 1.18. The van der Waals surface area contributed by atoms with Gasteiger partial charge in [-0.05, 0) is 65.0 Å². The molecule has 0 atom stereocenters. The Morgan fingerprint density at radius 3 is 1.92 bits per heavy atom. The molecule has 2 nitrogen and oxygen atoms in total. The van der Waals surface area contributed by atoms with E-state index in [0.717, 1.165) is 17.1 Å². The van der Waals surface area contributed by atoms with Crippen molar-refractivity contribution in [2.24, 2.45) is 0 Å². The van der Waals surface area contributed by atoms with Gasteiger partial charge in [-0.1, -0.05) is 133 Å². The van der Waals surface area contributed by atoms with Gasteiger partial charge >= 0.3 is 0 Å². The number of para-hydroxylation sites is 1. The number of thiophene rings is 1. The third-order valence-corrected chi connectivity index (χ3v) is 11.0. The van der Waals surface area contributed by atoms with Crippen LogP contribution >= 0.6 is 11.3 Å². The summed E-state index contributed by atoms with van der Waals surface area (Å²) in [7, 11) is 0. The number of nitrogens with zero attached hydrogens (tertiary/aromatic N) is 2. The normalized spacial score (nSPS) is 11.7. The maximum Gasteiger partial charge on any atom is 0.0640 e. The minimum Gasteiger partial charge on any atom is -0.309 e. The van der Waals surface area contributed by atoms with Crippen molar-refractivity contribution in [1.82, 2.24) is 4.57 Å². The number of fused-ring (bicyclic) bond motifs is 8. The van der Waals surface area contributed by atoms with Crippen LogP contribution in [0.25, 0.3) is 69.6 Å². The summed E-state index contributed by atoms with van der Waals surface area (Å²) in [5.74, 6) is 0. The summed E-state index contributed by atoms with van der Waals surface area (Å²) in [6.45, 7) is 0. The Kier molecular flexibility index (Phi) is 6.39. The van der Waals surface area contributed by atoms with E-state index < -0.39 is 0 Å². The van der Waals surface area contributed by atoms with Crippen LogP contribution < -0.4 is 4.90 Å². The van der Waals surface area contributed by atoms with Crippen LogP contribution in [0.4, 0.5) is 17.1 Å². The topological polar surface area (TPSA) is 8.17 Å². The van der Waals surface area contributed by atoms with Gasteiger partial charge in [0.15, 0.2) is 0 Å². The largest absolute Gasteiger partial charge is 0.309 e. The van der Waals surface area contributed by atoms with Crippen LogP contribution in [0.15, 0.2) is 182 Å². The molecule has 2 heterocycles. The second kappa shape index (κ2) is 11.2. The maximum atomic E-state index is 2.45. The predicted octanol–water partition coefficient (Wildman–Crippen LogP) is 13.4. The first-order chi connectivity index (χ1) is 24.3. The van der Waals surface area contributed by atoms with Gasteiger partial charge in [0.2, 0.25) is 0 Å². The third kappa shape index (κ3) is 4.47. The fourth-order valence-corrected chi connectivity index (χ4v) is 8.73. The molecule has 0 saturated heterocycles. The molecule has 0 amide bonds. The van der Waals surface area contributed by atoms with Crippen molar-refractivity contribution in [3.8, 4) is 16.8 Å². The quantitative estimate of drug-likeness (QED) is 0.181. The molecule has 49 heavy (non-hydrogen) atoms. The Labute approximate surface area is 288 Å². The fourth-order valence-electron chi connectivity index (χ4n) is 7.52. The second-order valence-electron chi connectivity index (χ2n) is 12.6. The van der Waals surface area contributed by atoms with Crippen molar-refractivity contribution >= 4 is 81.1 Å². The van der Waals surface area contributed by atoms with E-state index in [-0.39, 0.29) is 0 Å². The van der Waals surface area contributed by atoms with Crippen LogP contribution in [-0.4, -0.2) is 4.57 Å². The Balaban J connectivity index is 1.26. The van der Waals surface area contributed by atoms with E-state index in [1.54, 1.807) is 0 Å². The van der Waals surface area contributed by atoms with Crippen molar-refractivity contribution in [2.45, 2.75) is 0 Å². The molecule has 10 rings (SSSR count). The number of benzene rings is 8. The van der Waals surface area contributed by atoms with Crippen LogP contribution in [0.3, 0.4) is 0 Å². The minimum absolute atomic E-state index is 1.12. The van der Waals surface area contributed by atoms with Crippen molar-refractivity contribution in [3.63, 3.8) is 0 Å². The lowest BCUT2D eigenvalue weighted by Gasteiger charge is -2.26. The molecule has 0 aliphatic rings. The standard InChI is InChI=1S/C46H30N2S/c1-3-12-31(13-4-1)32-22-25-35(26-23-32)47(42-20-11-19-41-39-18-9-10-21-44(39)49-46(41)42)36-27-29-38-40-28-24-33-14-7-8-17-37(33)45(40)48(43(38)30-36)34-15-5-2-6-16-34/h1-30H. The molecule has 0 bridgehead atoms. The number of hydrogen-bond donors (Lipinski definition) is 0. The minimum atomic E-state index is 1.12. The van der Waals surface area contributed by atoms with Gasteiger partial charge in [0, 0.05) is 48.7 Å². The van der Waals surface area contributed by atoms with Crippen LogP contribution in [0.5, 0.6) is 0 Å². The van der Waals surface area contributed by atoms with Crippen molar-refractivity contribution < 1.29 is 0 Å². The molecule has 2 aromatic heterocycles. The van der Waals surface area contributed by atoms with Gasteiger partial charge in [0.25, 0.3) is 0 Å². The molecule has 0 aliphatic heterocycles. The monoisotopic (exact) mass is 642 g/mol. The molecule has 10 aromatic rings. The first-order valence-electron chi connectivity index (χ1n) is 16.7. The van der Waals surface area contributed by atoms with Gasteiger partial charge in [-0.15, -0.1) is 11.3 Å². The molecule has 0 N–H and O–H groups in total. The molecule has 8 aromatic carbocycles. The average molecular weight is 643 g/mol. The first-order valence-corrected chi connectivity index (χ1v) is 17.5. The van der Waals surface area contributed by atoms with E-state index in [9.17, 15) is 0 Å². The van der Waals surface area contributed by atoms with Crippen molar-refractivity contribution in [1.29, 1.82) is 0 Å². The molecule has 0 unspecified atom stereocenters. The second-order valence-corrected chi connectivity index (χ2v) is 13.6. The number of rotatable bonds is 5. The van der Waals surface area contributed by atoms with Crippen LogP contribution in [-0.2, 0) is 0 Å². The molecule has 0 spiro atoms. The van der Waals surface area contributed by atoms with E-state index in [1.165, 1.54) is 69.6 Å². The molecule has 0 aliphatic carbocycles. The van der Waals surface area contributed by atoms with Gasteiger partial charge in [-0.25, -0.2) is 0 Å². The van der Waals surface area contributed by atoms with Gasteiger partial charge < -0.3 is 9.47 Å². The Bertz CT molecular complexity index is 2810. The summed E-state index contributed by atoms with van der Waals surface area (Å²) < 4.78 is 5.04. The summed E-state index contributed by atoms with van der Waals surface area (Å²) in [4.78, 5) is 2.44. The van der Waals surface area contributed by atoms with Crippen LogP contribution in [0.2, 0.25) is 0 Å². The smallest absolute Gasteiger partial charge is 0.0640 e. The van der Waals surface area contributed by atoms with E-state index in [2.05, 4.69) is 191 Å². The average Bonchev–Trinajstić information content (AvgIpc) is 3.72. The Morgan fingerprint density at radius 2 is 1.08 bits per heavy atom. The van der Waals surface area contributed by atoms with Crippen LogP contribution in [0.1, 0.15) is 0 Å². The lowest BCUT2D eigenvalue weighted by atomic mass is 10.0. The zero-order valence-corrected chi connectivity index (χ0v) is 27.4. The van der Waals surface area contributed by atoms with Crippen molar-refractivity contribution in [3.05, 3.63) is 182 Å². The molecule has 230 valence electrons. The SMILES string of the molecule is c1ccc(-c2ccc(N(c3ccc4c5ccc6ccccc6c5n(-c5ccccc5)c4c3)c3cccc4c3sc3ccccc34)cc2)cc1. The van der Waals surface area contributed by atoms with Gasteiger partial charge in [-0.3, -0.25) is 0 Å². The summed E-state index contributed by atoms with van der Waals surface area (Å²) in [6, 6.07) is 66.1. The number of anilines is 3. The number of aromatic nitrogens is 1. The summed E-state index contributed by atoms with van der Waals surface area (Å²) in [5, 5.41) is 7.59. The highest BCUT2D eigenvalue weighted by Gasteiger charge is 2.21. The highest BCUT2D eigenvalue weighted by molar-refractivity contribution is 7.26. The van der Waals surface area contributed by atoms with E-state index in [4.69, 9.17) is 0 Å². The molecule has 0 radical (unpaired) electrons. The van der Waals surface area contributed by atoms with E-state index in [1.807, 2.05) is 11.3 Å². The zero-order chi connectivity index (χ0) is 32.3. The molecule has 0 fully saturated rings. The number of hydrogen-bond acceptors (Lipinski definition) is 2. The first kappa shape index (κ1) is 27.9. The molecule has 0 saturated carbocycles. The zero-order valence-electron chi connectivity index (χ0n) is 26.6. The highest BCUT2D eigenvalue weighted by Crippen LogP contribution is 2.46. The maximum absolute atomic E-state index is 2.45. The van der Waals surface area contributed by atoms with E-state index >= 15 is 0 Å². The van der Waals surface area contributed by atoms with Crippen LogP contribution in [0, 0.1) is 0 Å². The van der Waals surface area contributed by atoms with Crippen molar-refractivity contribution in [2.75, 3.05) is 4.90 Å². The third-order valence-electron chi connectivity index (χ3n) is 9.77. The molecular formula is C46H30N2S. The molecule has 3 heteroatoms. The van der Waals surface area contributed by atoms with Gasteiger partial charge in [-0.2, -0.15) is 0 Å². The Morgan fingerprint density at radius 1 is 0.429 bits per heavy atom. The van der Waals surface area contributed by atoms with E-state index in [0.29, 0.717) is 0 Å². The summed E-state index contributed by atoms with van der Waals surface area (Å²) in [6.07, 6.45) is 0. The summed E-state index contributed by atoms with van der Waals surface area (Å²) in [5.41, 5.74) is 9.42. The fraction of sp³-hybridized carbons (Fsp3) is 0.